The first-order chi connectivity index (χ1) is 7.69. The van der Waals surface area contributed by atoms with Gasteiger partial charge in [0.05, 0.1) is 5.69 Å². The Balaban J connectivity index is 2.46. The van der Waals surface area contributed by atoms with E-state index in [1.54, 1.807) is 11.3 Å². The Morgan fingerprint density at radius 3 is 3.00 bits per heavy atom. The highest BCUT2D eigenvalue weighted by Gasteiger charge is 2.18. The predicted molar refractivity (Wildman–Crippen MR) is 73.9 cm³/mol. The van der Waals surface area contributed by atoms with Gasteiger partial charge < -0.3 is 4.90 Å². The second kappa shape index (κ2) is 4.75. The third-order valence-electron chi connectivity index (χ3n) is 3.05. The number of halogens is 1. The van der Waals surface area contributed by atoms with E-state index in [-0.39, 0.29) is 0 Å². The molecule has 2 rings (SSSR count). The normalized spacial score (nSPS) is 13.2. The van der Waals surface area contributed by atoms with Crippen molar-refractivity contribution in [1.29, 1.82) is 0 Å². The van der Waals surface area contributed by atoms with E-state index in [4.69, 9.17) is 0 Å². The van der Waals surface area contributed by atoms with Crippen molar-refractivity contribution in [1.82, 2.24) is 9.38 Å². The largest absolute Gasteiger partial charge is 0.355 e. The second-order valence-corrected chi connectivity index (χ2v) is 5.37. The molecule has 2 aromatic rings. The third kappa shape index (κ3) is 1.86. The molecule has 1 atom stereocenters. The number of fused-ring (bicyclic) bond motifs is 1. The van der Waals surface area contributed by atoms with Gasteiger partial charge in [0.25, 0.3) is 0 Å². The van der Waals surface area contributed by atoms with Crippen molar-refractivity contribution in [2.24, 2.45) is 0 Å². The number of alkyl halides is 1. The minimum Gasteiger partial charge on any atom is -0.355 e. The first-order valence-corrected chi connectivity index (χ1v) is 7.42. The molecule has 88 valence electrons. The van der Waals surface area contributed by atoms with Crippen LogP contribution in [0.15, 0.2) is 11.6 Å². The van der Waals surface area contributed by atoms with Crippen LogP contribution in [0.2, 0.25) is 0 Å². The SMILES string of the molecule is CCC(C)N(C)c1nc2sccn2c1CBr. The van der Waals surface area contributed by atoms with Crippen molar-refractivity contribution >= 4 is 38.0 Å². The molecule has 0 radical (unpaired) electrons. The fraction of sp³-hybridized carbons (Fsp3) is 0.545. The average Bonchev–Trinajstić information content (AvgIpc) is 2.86. The van der Waals surface area contributed by atoms with Crippen LogP contribution in [0.25, 0.3) is 4.96 Å². The summed E-state index contributed by atoms with van der Waals surface area (Å²) in [6, 6.07) is 0.516. The fourth-order valence-electron chi connectivity index (χ4n) is 1.71. The summed E-state index contributed by atoms with van der Waals surface area (Å²) in [4.78, 5) is 8.02. The molecule has 0 fully saturated rings. The Kier molecular flexibility index (Phi) is 3.54. The van der Waals surface area contributed by atoms with E-state index in [0.29, 0.717) is 6.04 Å². The van der Waals surface area contributed by atoms with Crippen LogP contribution in [-0.4, -0.2) is 22.5 Å². The van der Waals surface area contributed by atoms with Gasteiger partial charge >= 0.3 is 0 Å². The van der Waals surface area contributed by atoms with Crippen molar-refractivity contribution in [3.05, 3.63) is 17.3 Å². The monoisotopic (exact) mass is 301 g/mol. The van der Waals surface area contributed by atoms with Crippen LogP contribution < -0.4 is 4.90 Å². The molecule has 0 aliphatic rings. The Morgan fingerprint density at radius 1 is 1.62 bits per heavy atom. The molecule has 2 aromatic heterocycles. The van der Waals surface area contributed by atoms with Crippen molar-refractivity contribution in [2.45, 2.75) is 31.6 Å². The Labute approximate surface area is 108 Å². The Bertz CT molecular complexity index is 476. The minimum atomic E-state index is 0.516. The molecule has 0 aliphatic heterocycles. The minimum absolute atomic E-state index is 0.516. The summed E-state index contributed by atoms with van der Waals surface area (Å²) in [6.07, 6.45) is 3.21. The Morgan fingerprint density at radius 2 is 2.38 bits per heavy atom. The number of nitrogens with zero attached hydrogens (tertiary/aromatic N) is 3. The summed E-state index contributed by atoms with van der Waals surface area (Å²) < 4.78 is 2.16. The molecule has 0 aliphatic carbocycles. The Hall–Kier alpha value is -0.550. The van der Waals surface area contributed by atoms with Crippen LogP contribution in [0.4, 0.5) is 5.82 Å². The molecule has 0 amide bonds. The molecular weight excluding hydrogens is 286 g/mol. The average molecular weight is 302 g/mol. The highest BCUT2D eigenvalue weighted by atomic mass is 79.9. The van der Waals surface area contributed by atoms with Crippen molar-refractivity contribution in [3.8, 4) is 0 Å². The van der Waals surface area contributed by atoms with Gasteiger partial charge in [0, 0.05) is 30.0 Å². The van der Waals surface area contributed by atoms with Crippen molar-refractivity contribution in [2.75, 3.05) is 11.9 Å². The van der Waals surface area contributed by atoms with Gasteiger partial charge in [-0.05, 0) is 13.3 Å². The van der Waals surface area contributed by atoms with Crippen LogP contribution in [0.5, 0.6) is 0 Å². The van der Waals surface area contributed by atoms with Gasteiger partial charge in [-0.2, -0.15) is 0 Å². The van der Waals surface area contributed by atoms with Gasteiger partial charge in [-0.3, -0.25) is 4.40 Å². The summed E-state index contributed by atoms with van der Waals surface area (Å²) >= 11 is 5.23. The van der Waals surface area contributed by atoms with E-state index >= 15 is 0 Å². The van der Waals surface area contributed by atoms with Crippen LogP contribution in [0, 0.1) is 0 Å². The smallest absolute Gasteiger partial charge is 0.195 e. The highest BCUT2D eigenvalue weighted by molar-refractivity contribution is 9.08. The standard InChI is InChI=1S/C11H16BrN3S/c1-4-8(2)14(3)10-9(7-12)15-5-6-16-11(15)13-10/h5-6,8H,4,7H2,1-3H3. The molecular formula is C11H16BrN3S. The topological polar surface area (TPSA) is 20.5 Å². The molecule has 5 heteroatoms. The first-order valence-electron chi connectivity index (χ1n) is 5.42. The van der Waals surface area contributed by atoms with E-state index in [2.05, 4.69) is 62.7 Å². The van der Waals surface area contributed by atoms with E-state index in [9.17, 15) is 0 Å². The van der Waals surface area contributed by atoms with Crippen LogP contribution in [-0.2, 0) is 5.33 Å². The maximum Gasteiger partial charge on any atom is 0.195 e. The molecule has 2 heterocycles. The molecule has 0 N–H and O–H groups in total. The zero-order chi connectivity index (χ0) is 11.7. The molecule has 0 saturated heterocycles. The molecule has 3 nitrogen and oxygen atoms in total. The molecule has 0 spiro atoms. The summed E-state index contributed by atoms with van der Waals surface area (Å²) in [5.41, 5.74) is 1.24. The van der Waals surface area contributed by atoms with E-state index in [1.165, 1.54) is 5.69 Å². The van der Waals surface area contributed by atoms with Crippen LogP contribution in [0.1, 0.15) is 26.0 Å². The summed E-state index contributed by atoms with van der Waals surface area (Å²) in [5.74, 6) is 1.10. The maximum atomic E-state index is 4.69. The fourth-order valence-corrected chi connectivity index (χ4v) is 2.96. The zero-order valence-electron chi connectivity index (χ0n) is 9.77. The lowest BCUT2D eigenvalue weighted by Gasteiger charge is -2.24. The lowest BCUT2D eigenvalue weighted by Crippen LogP contribution is -2.29. The predicted octanol–water partition coefficient (Wildman–Crippen LogP) is 3.53. The molecule has 0 bridgehead atoms. The van der Waals surface area contributed by atoms with Gasteiger partial charge in [-0.25, -0.2) is 4.98 Å². The van der Waals surface area contributed by atoms with Gasteiger partial charge in [-0.1, -0.05) is 22.9 Å². The van der Waals surface area contributed by atoms with Gasteiger partial charge in [0.15, 0.2) is 10.8 Å². The molecule has 1 unspecified atom stereocenters. The number of rotatable bonds is 4. The number of hydrogen-bond acceptors (Lipinski definition) is 3. The van der Waals surface area contributed by atoms with Gasteiger partial charge in [0.1, 0.15) is 0 Å². The lowest BCUT2D eigenvalue weighted by molar-refractivity contribution is 0.656. The number of anilines is 1. The number of imidazole rings is 1. The molecule has 0 aromatic carbocycles. The van der Waals surface area contributed by atoms with Gasteiger partial charge in [0.2, 0.25) is 0 Å². The third-order valence-corrected chi connectivity index (χ3v) is 4.34. The second-order valence-electron chi connectivity index (χ2n) is 3.94. The number of aromatic nitrogens is 2. The van der Waals surface area contributed by atoms with E-state index in [1.807, 2.05) is 0 Å². The molecule has 0 saturated carbocycles. The number of hydrogen-bond donors (Lipinski definition) is 0. The molecule has 16 heavy (non-hydrogen) atoms. The first kappa shape index (κ1) is 11.9. The van der Waals surface area contributed by atoms with Crippen LogP contribution in [0.3, 0.4) is 0 Å². The number of thiazole rings is 1. The summed E-state index contributed by atoms with van der Waals surface area (Å²) in [6.45, 7) is 4.43. The lowest BCUT2D eigenvalue weighted by atomic mass is 10.2. The maximum absolute atomic E-state index is 4.69. The summed E-state index contributed by atoms with van der Waals surface area (Å²) in [7, 11) is 2.12. The summed E-state index contributed by atoms with van der Waals surface area (Å²) in [5, 5.41) is 2.91. The van der Waals surface area contributed by atoms with Gasteiger partial charge in [-0.15, -0.1) is 11.3 Å². The van der Waals surface area contributed by atoms with E-state index < -0.39 is 0 Å². The van der Waals surface area contributed by atoms with Crippen molar-refractivity contribution < 1.29 is 0 Å². The van der Waals surface area contributed by atoms with E-state index in [0.717, 1.165) is 22.5 Å². The zero-order valence-corrected chi connectivity index (χ0v) is 12.2. The van der Waals surface area contributed by atoms with Crippen LogP contribution >= 0.6 is 27.3 Å². The highest BCUT2D eigenvalue weighted by Crippen LogP contribution is 2.27. The van der Waals surface area contributed by atoms with Crippen molar-refractivity contribution in [3.63, 3.8) is 0 Å². The quantitative estimate of drug-likeness (QED) is 0.806.